The van der Waals surface area contributed by atoms with E-state index in [0.717, 1.165) is 17.7 Å². The first kappa shape index (κ1) is 12.5. The highest BCUT2D eigenvalue weighted by Crippen LogP contribution is 2.22. The molecule has 0 amide bonds. The van der Waals surface area contributed by atoms with E-state index < -0.39 is 0 Å². The average molecular weight is 250 g/mol. The van der Waals surface area contributed by atoms with Gasteiger partial charge in [-0.05, 0) is 35.9 Å². The van der Waals surface area contributed by atoms with Gasteiger partial charge < -0.3 is 4.84 Å². The first-order valence-corrected chi connectivity index (χ1v) is 6.75. The number of nitrogens with zero attached hydrogens (tertiary/aromatic N) is 1. The second-order valence-corrected chi connectivity index (χ2v) is 5.56. The van der Waals surface area contributed by atoms with Gasteiger partial charge in [-0.2, -0.15) is 5.48 Å². The van der Waals surface area contributed by atoms with Gasteiger partial charge in [0.25, 0.3) is 0 Å². The van der Waals surface area contributed by atoms with Crippen molar-refractivity contribution in [1.29, 1.82) is 0 Å². The van der Waals surface area contributed by atoms with Crippen LogP contribution in [0.1, 0.15) is 32.4 Å². The molecule has 2 aromatic rings. The zero-order valence-electron chi connectivity index (χ0n) is 10.4. The number of nitrogens with one attached hydrogen (secondary N) is 1. The smallest absolute Gasteiger partial charge is 0.0809 e. The van der Waals surface area contributed by atoms with Crippen molar-refractivity contribution >= 4 is 21.6 Å². The van der Waals surface area contributed by atoms with E-state index in [2.05, 4.69) is 42.7 Å². The van der Waals surface area contributed by atoms with E-state index in [0.29, 0.717) is 5.92 Å². The maximum absolute atomic E-state index is 5.43. The third-order valence-corrected chi connectivity index (χ3v) is 3.35. The van der Waals surface area contributed by atoms with Crippen LogP contribution < -0.4 is 5.48 Å². The summed E-state index contributed by atoms with van der Waals surface area (Å²) >= 11 is 1.72. The molecule has 0 fully saturated rings. The SMILES string of the molecule is CC(C)CONC(C)c1cnc2ccsc2c1. The molecule has 0 aliphatic rings. The molecular formula is C13H18N2OS. The van der Waals surface area contributed by atoms with Crippen molar-refractivity contribution in [2.45, 2.75) is 26.8 Å². The third kappa shape index (κ3) is 3.25. The Balaban J connectivity index is 2.00. The number of rotatable bonds is 5. The fourth-order valence-corrected chi connectivity index (χ4v) is 2.30. The molecule has 0 saturated heterocycles. The second kappa shape index (κ2) is 5.58. The Morgan fingerprint density at radius 3 is 3.00 bits per heavy atom. The van der Waals surface area contributed by atoms with Crippen molar-refractivity contribution < 1.29 is 4.84 Å². The maximum atomic E-state index is 5.43. The summed E-state index contributed by atoms with van der Waals surface area (Å²) in [6.07, 6.45) is 1.91. The highest BCUT2D eigenvalue weighted by molar-refractivity contribution is 7.17. The minimum atomic E-state index is 0.160. The van der Waals surface area contributed by atoms with Gasteiger partial charge in [-0.25, -0.2) is 0 Å². The summed E-state index contributed by atoms with van der Waals surface area (Å²) in [6, 6.07) is 4.37. The molecule has 1 atom stereocenters. The summed E-state index contributed by atoms with van der Waals surface area (Å²) < 4.78 is 1.22. The van der Waals surface area contributed by atoms with Gasteiger partial charge in [0.1, 0.15) is 0 Å². The zero-order valence-corrected chi connectivity index (χ0v) is 11.3. The summed E-state index contributed by atoms with van der Waals surface area (Å²) in [5, 5.41) is 2.06. The monoisotopic (exact) mass is 250 g/mol. The van der Waals surface area contributed by atoms with Crippen LogP contribution in [-0.2, 0) is 4.84 Å². The third-order valence-electron chi connectivity index (χ3n) is 2.50. The molecule has 0 bridgehead atoms. The van der Waals surface area contributed by atoms with Gasteiger partial charge in [0, 0.05) is 6.20 Å². The zero-order chi connectivity index (χ0) is 12.3. The minimum Gasteiger partial charge on any atom is -0.301 e. The molecule has 1 N–H and O–H groups in total. The lowest BCUT2D eigenvalue weighted by molar-refractivity contribution is 0.00406. The van der Waals surface area contributed by atoms with Crippen LogP contribution in [0, 0.1) is 5.92 Å². The number of aromatic nitrogens is 1. The number of hydrogen-bond acceptors (Lipinski definition) is 4. The first-order chi connectivity index (χ1) is 8.16. The van der Waals surface area contributed by atoms with Crippen LogP contribution >= 0.6 is 11.3 Å². The van der Waals surface area contributed by atoms with Crippen LogP contribution in [0.2, 0.25) is 0 Å². The molecule has 92 valence electrons. The van der Waals surface area contributed by atoms with Crippen molar-refractivity contribution in [2.24, 2.45) is 5.92 Å². The van der Waals surface area contributed by atoms with Crippen LogP contribution in [-0.4, -0.2) is 11.6 Å². The van der Waals surface area contributed by atoms with E-state index in [4.69, 9.17) is 4.84 Å². The fraction of sp³-hybridized carbons (Fsp3) is 0.462. The van der Waals surface area contributed by atoms with Gasteiger partial charge in [-0.15, -0.1) is 11.3 Å². The van der Waals surface area contributed by atoms with E-state index in [1.54, 1.807) is 11.3 Å². The molecule has 0 spiro atoms. The van der Waals surface area contributed by atoms with Gasteiger partial charge in [0.2, 0.25) is 0 Å². The molecule has 2 rings (SSSR count). The molecule has 1 unspecified atom stereocenters. The quantitative estimate of drug-likeness (QED) is 0.824. The molecule has 0 aliphatic heterocycles. The Morgan fingerprint density at radius 2 is 2.24 bits per heavy atom. The number of pyridine rings is 1. The van der Waals surface area contributed by atoms with Crippen molar-refractivity contribution in [3.63, 3.8) is 0 Å². The Bertz CT molecular complexity index is 481. The normalized spacial score (nSPS) is 13.4. The number of fused-ring (bicyclic) bond motifs is 1. The van der Waals surface area contributed by atoms with Gasteiger partial charge in [-0.3, -0.25) is 4.98 Å². The number of hydroxylamine groups is 1. The molecule has 4 heteroatoms. The topological polar surface area (TPSA) is 34.1 Å². The Labute approximate surface area is 106 Å². The van der Waals surface area contributed by atoms with Crippen LogP contribution in [0.15, 0.2) is 23.7 Å². The van der Waals surface area contributed by atoms with E-state index >= 15 is 0 Å². The summed E-state index contributed by atoms with van der Waals surface area (Å²) in [5.74, 6) is 0.535. The van der Waals surface area contributed by atoms with E-state index in [9.17, 15) is 0 Å². The Kier molecular flexibility index (Phi) is 4.10. The van der Waals surface area contributed by atoms with Crippen molar-refractivity contribution in [3.8, 4) is 0 Å². The molecule has 0 radical (unpaired) electrons. The molecule has 2 heterocycles. The summed E-state index contributed by atoms with van der Waals surface area (Å²) in [6.45, 7) is 7.06. The van der Waals surface area contributed by atoms with Crippen molar-refractivity contribution in [2.75, 3.05) is 6.61 Å². The van der Waals surface area contributed by atoms with E-state index in [-0.39, 0.29) is 6.04 Å². The van der Waals surface area contributed by atoms with Gasteiger partial charge in [0.15, 0.2) is 0 Å². The predicted molar refractivity (Wildman–Crippen MR) is 72.0 cm³/mol. The summed E-state index contributed by atoms with van der Waals surface area (Å²) in [5.41, 5.74) is 5.27. The van der Waals surface area contributed by atoms with Crippen LogP contribution in [0.5, 0.6) is 0 Å². The molecule has 0 aromatic carbocycles. The van der Waals surface area contributed by atoms with Crippen LogP contribution in [0.3, 0.4) is 0 Å². The minimum absolute atomic E-state index is 0.160. The van der Waals surface area contributed by atoms with E-state index in [1.165, 1.54) is 4.70 Å². The standard InChI is InChI=1S/C13H18N2OS/c1-9(2)8-16-15-10(3)11-6-13-12(14-7-11)4-5-17-13/h4-7,9-10,15H,8H2,1-3H3. The molecule has 0 aliphatic carbocycles. The average Bonchev–Trinajstić information content (AvgIpc) is 2.75. The van der Waals surface area contributed by atoms with Gasteiger partial charge in [0.05, 0.1) is 22.9 Å². The largest absolute Gasteiger partial charge is 0.301 e. The molecule has 3 nitrogen and oxygen atoms in total. The predicted octanol–water partition coefficient (Wildman–Crippen LogP) is 3.53. The van der Waals surface area contributed by atoms with Crippen LogP contribution in [0.25, 0.3) is 10.2 Å². The fourth-order valence-electron chi connectivity index (χ4n) is 1.51. The highest BCUT2D eigenvalue weighted by Gasteiger charge is 2.07. The lowest BCUT2D eigenvalue weighted by Gasteiger charge is -2.15. The maximum Gasteiger partial charge on any atom is 0.0809 e. The Hall–Kier alpha value is -0.970. The summed E-state index contributed by atoms with van der Waals surface area (Å²) in [7, 11) is 0. The van der Waals surface area contributed by atoms with Crippen molar-refractivity contribution in [3.05, 3.63) is 29.3 Å². The van der Waals surface area contributed by atoms with E-state index in [1.807, 2.05) is 12.3 Å². The van der Waals surface area contributed by atoms with Crippen molar-refractivity contribution in [1.82, 2.24) is 10.5 Å². The highest BCUT2D eigenvalue weighted by atomic mass is 32.1. The molecule has 2 aromatic heterocycles. The lowest BCUT2D eigenvalue weighted by atomic mass is 10.1. The summed E-state index contributed by atoms with van der Waals surface area (Å²) in [4.78, 5) is 9.85. The van der Waals surface area contributed by atoms with Gasteiger partial charge >= 0.3 is 0 Å². The lowest BCUT2D eigenvalue weighted by Crippen LogP contribution is -2.21. The molecule has 0 saturated carbocycles. The van der Waals surface area contributed by atoms with Crippen LogP contribution in [0.4, 0.5) is 0 Å². The second-order valence-electron chi connectivity index (χ2n) is 4.62. The number of hydrogen-bond donors (Lipinski definition) is 1. The molecule has 17 heavy (non-hydrogen) atoms. The number of thiophene rings is 1. The Morgan fingerprint density at radius 1 is 1.41 bits per heavy atom. The molecular weight excluding hydrogens is 232 g/mol. The first-order valence-electron chi connectivity index (χ1n) is 5.87. The van der Waals surface area contributed by atoms with Gasteiger partial charge in [-0.1, -0.05) is 13.8 Å².